The van der Waals surface area contributed by atoms with Gasteiger partial charge in [0, 0.05) is 44.0 Å². The van der Waals surface area contributed by atoms with Crippen LogP contribution in [0.15, 0.2) is 73.1 Å². The maximum absolute atomic E-state index is 6.95. The molecular weight excluding hydrogens is 625 g/mol. The highest BCUT2D eigenvalue weighted by Gasteiger charge is 2.48. The first-order valence-electron chi connectivity index (χ1n) is 21.9. The molecule has 4 heteroatoms. The lowest BCUT2D eigenvalue weighted by atomic mass is 9.98. The number of nitrogens with zero attached hydrogens (tertiary/aromatic N) is 2. The van der Waals surface area contributed by atoms with Crippen molar-refractivity contribution in [2.75, 3.05) is 18.0 Å². The number of rotatable bonds is 31. The van der Waals surface area contributed by atoms with Gasteiger partial charge in [0.25, 0.3) is 0 Å². The number of pyridine rings is 1. The Morgan fingerprint density at radius 3 is 1.49 bits per heavy atom. The average molecular weight is 703 g/mol. The molecule has 0 spiro atoms. The number of hydrogen-bond acceptors (Lipinski definition) is 4. The Hall–Kier alpha value is -2.17. The molecule has 1 aromatic heterocycles. The molecule has 3 heterocycles. The van der Waals surface area contributed by atoms with Gasteiger partial charge in [-0.25, -0.2) is 0 Å². The van der Waals surface area contributed by atoms with Crippen molar-refractivity contribution in [3.05, 3.63) is 73.1 Å². The molecule has 1 aromatic rings. The fourth-order valence-electron chi connectivity index (χ4n) is 7.64. The molecule has 0 N–H and O–H groups in total. The van der Waals surface area contributed by atoms with E-state index in [-0.39, 0.29) is 18.0 Å². The Labute approximate surface area is 315 Å². The third kappa shape index (κ3) is 20.0. The number of unbranched alkanes of at least 4 members (excludes halogenated alkanes) is 18. The van der Waals surface area contributed by atoms with Gasteiger partial charge in [0.15, 0.2) is 5.79 Å². The highest BCUT2D eigenvalue weighted by molar-refractivity contribution is 5.45. The molecule has 2 atom stereocenters. The van der Waals surface area contributed by atoms with Gasteiger partial charge >= 0.3 is 0 Å². The zero-order valence-corrected chi connectivity index (χ0v) is 33.3. The van der Waals surface area contributed by atoms with Crippen molar-refractivity contribution >= 4 is 5.69 Å². The molecule has 0 aromatic carbocycles. The second-order valence-electron chi connectivity index (χ2n) is 15.3. The van der Waals surface area contributed by atoms with Gasteiger partial charge in [0.2, 0.25) is 0 Å². The largest absolute Gasteiger partial charge is 0.369 e. The van der Waals surface area contributed by atoms with E-state index < -0.39 is 0 Å². The molecule has 0 bridgehead atoms. The van der Waals surface area contributed by atoms with Crippen molar-refractivity contribution in [1.29, 1.82) is 0 Å². The molecule has 0 amide bonds. The standard InChI is InChI=1S/C47H78N2O2/c1-3-5-7-9-11-13-15-17-19-21-23-25-27-29-31-33-38-47(50-45-37-42-49(43-46(45)51-47)44-35-40-48-41-36-44)39-34-32-30-28-26-24-22-20-18-16-14-12-10-8-6-4-2/h11-14,17-20,35-36,40-41,45-46H,3-10,15-16,21-34,37-39,42-43H2,1-2H3/b13-11-,14-12-,19-17-,20-18-/t45-,46?/m1/s1. The number of piperidine rings is 1. The Morgan fingerprint density at radius 1 is 0.569 bits per heavy atom. The summed E-state index contributed by atoms with van der Waals surface area (Å²) in [6.07, 6.45) is 56.9. The lowest BCUT2D eigenvalue weighted by molar-refractivity contribution is -0.185. The third-order valence-corrected chi connectivity index (χ3v) is 10.8. The molecular formula is C47H78N2O2. The fraction of sp³-hybridized carbons (Fsp3) is 0.723. The molecule has 3 rings (SSSR count). The van der Waals surface area contributed by atoms with Crippen LogP contribution in [0, 0.1) is 0 Å². The van der Waals surface area contributed by atoms with E-state index in [9.17, 15) is 0 Å². The molecule has 0 aliphatic carbocycles. The predicted molar refractivity (Wildman–Crippen MR) is 221 cm³/mol. The topological polar surface area (TPSA) is 34.6 Å². The summed E-state index contributed by atoms with van der Waals surface area (Å²) in [5, 5.41) is 0. The zero-order valence-electron chi connectivity index (χ0n) is 33.3. The van der Waals surface area contributed by atoms with Crippen LogP contribution in [-0.2, 0) is 9.47 Å². The Morgan fingerprint density at radius 2 is 1.00 bits per heavy atom. The van der Waals surface area contributed by atoms with Crippen molar-refractivity contribution in [1.82, 2.24) is 4.98 Å². The number of hydrogen-bond donors (Lipinski definition) is 0. The van der Waals surface area contributed by atoms with Gasteiger partial charge in [-0.05, 0) is 95.6 Å². The van der Waals surface area contributed by atoms with Crippen molar-refractivity contribution in [2.24, 2.45) is 0 Å². The number of allylic oxidation sites excluding steroid dienone is 8. The van der Waals surface area contributed by atoms with Crippen molar-refractivity contribution in [3.8, 4) is 0 Å². The minimum Gasteiger partial charge on any atom is -0.369 e. The van der Waals surface area contributed by atoms with E-state index >= 15 is 0 Å². The smallest absolute Gasteiger partial charge is 0.169 e. The summed E-state index contributed by atoms with van der Waals surface area (Å²) in [6, 6.07) is 4.25. The molecule has 288 valence electrons. The van der Waals surface area contributed by atoms with Crippen LogP contribution in [0.25, 0.3) is 0 Å². The van der Waals surface area contributed by atoms with Gasteiger partial charge < -0.3 is 14.4 Å². The first-order valence-corrected chi connectivity index (χ1v) is 21.9. The summed E-state index contributed by atoms with van der Waals surface area (Å²) >= 11 is 0. The van der Waals surface area contributed by atoms with Crippen LogP contribution >= 0.6 is 0 Å². The number of ether oxygens (including phenoxy) is 2. The van der Waals surface area contributed by atoms with Crippen LogP contribution in [0.3, 0.4) is 0 Å². The molecule has 2 aliphatic rings. The van der Waals surface area contributed by atoms with Gasteiger partial charge in [-0.1, -0.05) is 140 Å². The Kier molecular flexibility index (Phi) is 24.8. The van der Waals surface area contributed by atoms with Crippen LogP contribution in [-0.4, -0.2) is 36.1 Å². The summed E-state index contributed by atoms with van der Waals surface area (Å²) in [6.45, 7) is 6.49. The molecule has 4 nitrogen and oxygen atoms in total. The van der Waals surface area contributed by atoms with E-state index in [2.05, 4.69) is 84.5 Å². The minimum absolute atomic E-state index is 0.168. The van der Waals surface area contributed by atoms with E-state index in [0.717, 1.165) is 45.2 Å². The average Bonchev–Trinajstić information content (AvgIpc) is 3.52. The molecule has 2 fully saturated rings. The summed E-state index contributed by atoms with van der Waals surface area (Å²) in [7, 11) is 0. The van der Waals surface area contributed by atoms with Crippen molar-refractivity contribution in [3.63, 3.8) is 0 Å². The summed E-state index contributed by atoms with van der Waals surface area (Å²) in [5.74, 6) is -0.381. The molecule has 2 aliphatic heterocycles. The lowest BCUT2D eigenvalue weighted by Crippen LogP contribution is -2.45. The van der Waals surface area contributed by atoms with Crippen LogP contribution in [0.5, 0.6) is 0 Å². The van der Waals surface area contributed by atoms with Crippen LogP contribution in [0.2, 0.25) is 0 Å². The van der Waals surface area contributed by atoms with Crippen LogP contribution in [0.4, 0.5) is 5.69 Å². The van der Waals surface area contributed by atoms with E-state index in [1.807, 2.05) is 12.4 Å². The van der Waals surface area contributed by atoms with Gasteiger partial charge in [-0.15, -0.1) is 0 Å². The monoisotopic (exact) mass is 703 g/mol. The van der Waals surface area contributed by atoms with Gasteiger partial charge in [0.05, 0.1) is 6.10 Å². The quantitative estimate of drug-likeness (QED) is 0.0570. The highest BCUT2D eigenvalue weighted by Crippen LogP contribution is 2.41. The second kappa shape index (κ2) is 29.3. The number of aromatic nitrogens is 1. The van der Waals surface area contributed by atoms with E-state index in [1.54, 1.807) is 0 Å². The lowest BCUT2D eigenvalue weighted by Gasteiger charge is -2.34. The van der Waals surface area contributed by atoms with Gasteiger partial charge in [-0.3, -0.25) is 4.98 Å². The van der Waals surface area contributed by atoms with E-state index in [0.29, 0.717) is 0 Å². The molecule has 1 unspecified atom stereocenters. The number of fused-ring (bicyclic) bond motifs is 1. The number of anilines is 1. The summed E-state index contributed by atoms with van der Waals surface area (Å²) < 4.78 is 13.8. The molecule has 0 saturated carbocycles. The Bertz CT molecular complexity index is 1020. The molecule has 0 radical (unpaired) electrons. The van der Waals surface area contributed by atoms with E-state index in [4.69, 9.17) is 9.47 Å². The van der Waals surface area contributed by atoms with Crippen molar-refractivity contribution < 1.29 is 9.47 Å². The first-order chi connectivity index (χ1) is 25.3. The third-order valence-electron chi connectivity index (χ3n) is 10.8. The maximum atomic E-state index is 6.95. The SMILES string of the molecule is CCCCC/C=C\C/C=C\CCCCCCCCC1(CCCCCCCC/C=C\C/C=C\CCCCC)OC2CN(c3ccncc3)CC[C@H]2O1. The van der Waals surface area contributed by atoms with E-state index in [1.165, 1.54) is 147 Å². The van der Waals surface area contributed by atoms with Crippen molar-refractivity contribution in [2.45, 2.75) is 205 Å². The Balaban J connectivity index is 1.30. The second-order valence-corrected chi connectivity index (χ2v) is 15.3. The van der Waals surface area contributed by atoms with Crippen LogP contribution < -0.4 is 4.90 Å². The highest BCUT2D eigenvalue weighted by atomic mass is 16.8. The molecule has 2 saturated heterocycles. The maximum Gasteiger partial charge on any atom is 0.169 e. The zero-order chi connectivity index (χ0) is 35.9. The van der Waals surface area contributed by atoms with Gasteiger partial charge in [0.1, 0.15) is 6.10 Å². The normalized spacial score (nSPS) is 19.1. The predicted octanol–water partition coefficient (Wildman–Crippen LogP) is 14.2. The first kappa shape index (κ1) is 43.2. The van der Waals surface area contributed by atoms with Gasteiger partial charge in [-0.2, -0.15) is 0 Å². The van der Waals surface area contributed by atoms with Crippen LogP contribution in [0.1, 0.15) is 187 Å². The summed E-state index contributed by atoms with van der Waals surface area (Å²) in [5.41, 5.74) is 1.25. The fourth-order valence-corrected chi connectivity index (χ4v) is 7.64. The summed E-state index contributed by atoms with van der Waals surface area (Å²) in [4.78, 5) is 6.68. The molecule has 51 heavy (non-hydrogen) atoms. The minimum atomic E-state index is -0.381.